The second-order valence-electron chi connectivity index (χ2n) is 13.4. The molecule has 0 saturated heterocycles. The van der Waals surface area contributed by atoms with Crippen molar-refractivity contribution >= 4 is 98.8 Å². The highest BCUT2D eigenvalue weighted by Crippen LogP contribution is 2.43. The number of hydrogen-bond acceptors (Lipinski definition) is 2. The van der Waals surface area contributed by atoms with Crippen LogP contribution in [0.3, 0.4) is 0 Å². The molecule has 0 unspecified atom stereocenters. The standard InChI is InChI=1S/C48H30N2O/c1-2-31(26-30-29-51-47-21-10-8-12-34(30)47)49(32-22-24-39-37-15-4-3-13-35(37)36-14-5-6-16-38(36)43(39)27-32)33-23-25-46-44(28-33)42-19-11-18-41-40-17-7-9-20-45(40)50(46)48(41)42/h2-29H,1H2/b31-26+. The van der Waals surface area contributed by atoms with Gasteiger partial charge in [0.1, 0.15) is 5.58 Å². The summed E-state index contributed by atoms with van der Waals surface area (Å²) >= 11 is 0. The minimum atomic E-state index is 0.863. The predicted molar refractivity (Wildman–Crippen MR) is 217 cm³/mol. The monoisotopic (exact) mass is 650 g/mol. The van der Waals surface area contributed by atoms with Crippen molar-refractivity contribution in [3.8, 4) is 0 Å². The van der Waals surface area contributed by atoms with Crippen LogP contribution in [0.25, 0.3) is 87.5 Å². The van der Waals surface area contributed by atoms with E-state index in [1.807, 2.05) is 24.5 Å². The molecule has 51 heavy (non-hydrogen) atoms. The Balaban J connectivity index is 1.20. The van der Waals surface area contributed by atoms with Crippen LogP contribution in [-0.4, -0.2) is 4.40 Å². The molecule has 3 heteroatoms. The van der Waals surface area contributed by atoms with Gasteiger partial charge in [-0.2, -0.15) is 0 Å². The van der Waals surface area contributed by atoms with E-state index in [2.05, 4.69) is 161 Å². The molecular formula is C48H30N2O. The summed E-state index contributed by atoms with van der Waals surface area (Å²) in [5.74, 6) is 0. The van der Waals surface area contributed by atoms with E-state index in [4.69, 9.17) is 4.42 Å². The highest BCUT2D eigenvalue weighted by atomic mass is 16.3. The maximum Gasteiger partial charge on any atom is 0.134 e. The molecule has 0 aliphatic carbocycles. The van der Waals surface area contributed by atoms with Gasteiger partial charge in [-0.1, -0.05) is 116 Å². The van der Waals surface area contributed by atoms with Crippen LogP contribution in [0, 0.1) is 0 Å². The van der Waals surface area contributed by atoms with Gasteiger partial charge >= 0.3 is 0 Å². The second kappa shape index (κ2) is 10.6. The van der Waals surface area contributed by atoms with Crippen LogP contribution in [0.1, 0.15) is 5.56 Å². The Hall–Kier alpha value is -6.84. The van der Waals surface area contributed by atoms with Crippen LogP contribution in [0.4, 0.5) is 11.4 Å². The van der Waals surface area contributed by atoms with Gasteiger partial charge in [0.05, 0.1) is 22.8 Å². The maximum atomic E-state index is 5.99. The molecule has 0 atom stereocenters. The molecule has 3 aromatic heterocycles. The largest absolute Gasteiger partial charge is 0.464 e. The Kier molecular flexibility index (Phi) is 5.82. The topological polar surface area (TPSA) is 20.8 Å². The molecule has 0 aliphatic rings. The number of rotatable bonds is 5. The Bertz CT molecular complexity index is 3190. The highest BCUT2D eigenvalue weighted by Gasteiger charge is 2.21. The lowest BCUT2D eigenvalue weighted by molar-refractivity contribution is 0.615. The number of nitrogens with zero attached hydrogens (tertiary/aromatic N) is 2. The van der Waals surface area contributed by atoms with E-state index in [1.165, 1.54) is 70.4 Å². The third-order valence-corrected chi connectivity index (χ3v) is 10.7. The van der Waals surface area contributed by atoms with Gasteiger partial charge in [-0.25, -0.2) is 0 Å². The lowest BCUT2D eigenvalue weighted by atomic mass is 9.94. The summed E-state index contributed by atoms with van der Waals surface area (Å²) in [5.41, 5.74) is 8.64. The van der Waals surface area contributed by atoms with Crippen molar-refractivity contribution in [3.05, 3.63) is 182 Å². The molecule has 11 aromatic rings. The van der Waals surface area contributed by atoms with Gasteiger partial charge in [-0.15, -0.1) is 0 Å². The average molecular weight is 651 g/mol. The quantitative estimate of drug-likeness (QED) is 0.136. The molecule has 8 aromatic carbocycles. The smallest absolute Gasteiger partial charge is 0.134 e. The number of anilines is 2. The van der Waals surface area contributed by atoms with Crippen molar-refractivity contribution in [2.24, 2.45) is 0 Å². The molecule has 0 amide bonds. The van der Waals surface area contributed by atoms with Crippen molar-refractivity contribution in [3.63, 3.8) is 0 Å². The molecule has 0 fully saturated rings. The minimum absolute atomic E-state index is 0.863. The van der Waals surface area contributed by atoms with Crippen molar-refractivity contribution < 1.29 is 4.42 Å². The summed E-state index contributed by atoms with van der Waals surface area (Å²) in [6.07, 6.45) is 5.98. The zero-order chi connectivity index (χ0) is 33.6. The molecule has 0 bridgehead atoms. The van der Waals surface area contributed by atoms with Crippen LogP contribution in [-0.2, 0) is 0 Å². The fourth-order valence-electron chi connectivity index (χ4n) is 8.53. The third kappa shape index (κ3) is 3.94. The summed E-state index contributed by atoms with van der Waals surface area (Å²) in [5, 5.41) is 13.6. The first-order valence-corrected chi connectivity index (χ1v) is 17.4. The number of allylic oxidation sites excluding steroid dienone is 1. The molecule has 0 spiro atoms. The molecule has 0 N–H and O–H groups in total. The van der Waals surface area contributed by atoms with Gasteiger partial charge < -0.3 is 13.7 Å². The number of benzene rings is 8. The van der Waals surface area contributed by atoms with Crippen LogP contribution in [0.5, 0.6) is 0 Å². The SMILES string of the molecule is C=C/C(=C\c1coc2ccccc12)N(c1ccc2c3ccccc3c3ccccc3c2c1)c1ccc2c(c1)c1cccc3c4ccccc4n2c31. The normalized spacial score (nSPS) is 12.5. The summed E-state index contributed by atoms with van der Waals surface area (Å²) in [7, 11) is 0. The fourth-order valence-corrected chi connectivity index (χ4v) is 8.53. The lowest BCUT2D eigenvalue weighted by Crippen LogP contribution is -2.15. The van der Waals surface area contributed by atoms with Gasteiger partial charge in [0.25, 0.3) is 0 Å². The number of para-hydroxylation sites is 3. The van der Waals surface area contributed by atoms with Crippen LogP contribution in [0.15, 0.2) is 181 Å². The van der Waals surface area contributed by atoms with E-state index in [0.29, 0.717) is 0 Å². The Morgan fingerprint density at radius 2 is 1.02 bits per heavy atom. The predicted octanol–water partition coefficient (Wildman–Crippen LogP) is 13.4. The van der Waals surface area contributed by atoms with E-state index in [1.54, 1.807) is 0 Å². The van der Waals surface area contributed by atoms with Crippen molar-refractivity contribution in [2.75, 3.05) is 4.90 Å². The van der Waals surface area contributed by atoms with E-state index in [9.17, 15) is 0 Å². The molecule has 3 heterocycles. The molecule has 238 valence electrons. The lowest BCUT2D eigenvalue weighted by Gasteiger charge is -2.27. The molecule has 0 saturated carbocycles. The van der Waals surface area contributed by atoms with Gasteiger partial charge in [0.2, 0.25) is 0 Å². The van der Waals surface area contributed by atoms with E-state index < -0.39 is 0 Å². The molecule has 3 nitrogen and oxygen atoms in total. The minimum Gasteiger partial charge on any atom is -0.464 e. The van der Waals surface area contributed by atoms with E-state index >= 15 is 0 Å². The van der Waals surface area contributed by atoms with Crippen molar-refractivity contribution in [1.29, 1.82) is 0 Å². The van der Waals surface area contributed by atoms with Gasteiger partial charge in [-0.05, 0) is 86.9 Å². The fraction of sp³-hybridized carbons (Fsp3) is 0. The first kappa shape index (κ1) is 28.0. The van der Waals surface area contributed by atoms with Crippen molar-refractivity contribution in [1.82, 2.24) is 4.40 Å². The number of furan rings is 1. The first-order valence-electron chi connectivity index (χ1n) is 17.4. The van der Waals surface area contributed by atoms with E-state index in [-0.39, 0.29) is 0 Å². The first-order chi connectivity index (χ1) is 25.3. The van der Waals surface area contributed by atoms with E-state index in [0.717, 1.165) is 33.6 Å². The molecule has 0 radical (unpaired) electrons. The van der Waals surface area contributed by atoms with Crippen LogP contribution < -0.4 is 4.90 Å². The number of fused-ring (bicyclic) bond motifs is 13. The maximum absolute atomic E-state index is 5.99. The summed E-state index contributed by atoms with van der Waals surface area (Å²) in [6.45, 7) is 4.36. The van der Waals surface area contributed by atoms with Crippen molar-refractivity contribution in [2.45, 2.75) is 0 Å². The third-order valence-electron chi connectivity index (χ3n) is 10.7. The Morgan fingerprint density at radius 1 is 0.490 bits per heavy atom. The Labute approximate surface area is 293 Å². The summed E-state index contributed by atoms with van der Waals surface area (Å²) in [6, 6.07) is 54.8. The second-order valence-corrected chi connectivity index (χ2v) is 13.4. The van der Waals surface area contributed by atoms with Gasteiger partial charge in [-0.3, -0.25) is 0 Å². The Morgan fingerprint density at radius 3 is 1.75 bits per heavy atom. The summed E-state index contributed by atoms with van der Waals surface area (Å²) in [4.78, 5) is 2.34. The summed E-state index contributed by atoms with van der Waals surface area (Å²) < 4.78 is 8.42. The average Bonchev–Trinajstić information content (AvgIpc) is 3.87. The number of hydrogen-bond donors (Lipinski definition) is 0. The highest BCUT2D eigenvalue weighted by molar-refractivity contribution is 6.26. The molecule has 0 aliphatic heterocycles. The number of aromatic nitrogens is 1. The van der Waals surface area contributed by atoms with Gasteiger partial charge in [0, 0.05) is 49.6 Å². The molecular weight excluding hydrogens is 621 g/mol. The van der Waals surface area contributed by atoms with Crippen LogP contribution in [0.2, 0.25) is 0 Å². The zero-order valence-corrected chi connectivity index (χ0v) is 27.7. The molecule has 11 rings (SSSR count). The van der Waals surface area contributed by atoms with Crippen LogP contribution >= 0.6 is 0 Å². The van der Waals surface area contributed by atoms with Gasteiger partial charge in [0.15, 0.2) is 0 Å². The zero-order valence-electron chi connectivity index (χ0n) is 27.7.